The second-order valence-corrected chi connectivity index (χ2v) is 5.52. The highest BCUT2D eigenvalue weighted by molar-refractivity contribution is 7.71. The molecule has 0 spiro atoms. The van der Waals surface area contributed by atoms with Crippen LogP contribution in [0.4, 0.5) is 0 Å². The van der Waals surface area contributed by atoms with Crippen molar-refractivity contribution in [2.75, 3.05) is 0 Å². The molecule has 2 aromatic heterocycles. The summed E-state index contributed by atoms with van der Waals surface area (Å²) in [7, 11) is 0. The minimum atomic E-state index is 0.284. The third kappa shape index (κ3) is 2.00. The van der Waals surface area contributed by atoms with E-state index in [1.54, 1.807) is 0 Å². The predicted molar refractivity (Wildman–Crippen MR) is 66.1 cm³/mol. The van der Waals surface area contributed by atoms with Gasteiger partial charge in [-0.15, -0.1) is 11.3 Å². The lowest BCUT2D eigenvalue weighted by Gasteiger charge is -2.08. The number of aromatic amines is 1. The number of H-pyrrole nitrogens is 1. The molecule has 15 heavy (non-hydrogen) atoms. The van der Waals surface area contributed by atoms with Crippen molar-refractivity contribution in [3.63, 3.8) is 0 Å². The van der Waals surface area contributed by atoms with Gasteiger partial charge >= 0.3 is 0 Å². The van der Waals surface area contributed by atoms with Crippen LogP contribution in [0.15, 0.2) is 12.1 Å². The first kappa shape index (κ1) is 10.9. The summed E-state index contributed by atoms with van der Waals surface area (Å²) in [5, 5.41) is 7.02. The molecule has 0 aliphatic carbocycles. The number of hydrogen-bond donors (Lipinski definition) is 1. The highest BCUT2D eigenvalue weighted by atomic mass is 35.5. The molecule has 0 bridgehead atoms. The first-order chi connectivity index (χ1) is 7.09. The number of rotatable bonds is 2. The first-order valence-electron chi connectivity index (χ1n) is 4.52. The molecule has 0 saturated heterocycles. The standard InChI is InChI=1S/C9H10ClN3S2/c1-5(2)13-8(11-12-9(13)14)6-3-4-7(10)15-6/h3-5H,1-2H3,(H,12,14). The van der Waals surface area contributed by atoms with Crippen LogP contribution >= 0.6 is 35.2 Å². The maximum atomic E-state index is 5.89. The molecule has 0 unspecified atom stereocenters. The van der Waals surface area contributed by atoms with E-state index in [0.717, 1.165) is 15.0 Å². The molecule has 0 atom stereocenters. The summed E-state index contributed by atoms with van der Waals surface area (Å²) in [5.41, 5.74) is 0. The Kier molecular flexibility index (Phi) is 2.95. The zero-order chi connectivity index (χ0) is 11.0. The lowest BCUT2D eigenvalue weighted by molar-refractivity contribution is 0.597. The van der Waals surface area contributed by atoms with Crippen LogP contribution in [-0.2, 0) is 0 Å². The molecule has 80 valence electrons. The van der Waals surface area contributed by atoms with Crippen LogP contribution in [0.3, 0.4) is 0 Å². The molecule has 6 heteroatoms. The molecular formula is C9H10ClN3S2. The van der Waals surface area contributed by atoms with Crippen molar-refractivity contribution in [1.29, 1.82) is 0 Å². The van der Waals surface area contributed by atoms with Crippen LogP contribution in [0.2, 0.25) is 4.34 Å². The van der Waals surface area contributed by atoms with Crippen LogP contribution in [0.5, 0.6) is 0 Å². The third-order valence-electron chi connectivity index (χ3n) is 2.01. The second kappa shape index (κ2) is 4.08. The van der Waals surface area contributed by atoms with Crippen molar-refractivity contribution in [3.8, 4) is 10.7 Å². The van der Waals surface area contributed by atoms with Gasteiger partial charge in [-0.05, 0) is 38.2 Å². The Morgan fingerprint density at radius 2 is 2.27 bits per heavy atom. The fourth-order valence-corrected chi connectivity index (χ4v) is 2.76. The lowest BCUT2D eigenvalue weighted by Crippen LogP contribution is -2.02. The van der Waals surface area contributed by atoms with Crippen LogP contribution in [0.1, 0.15) is 19.9 Å². The van der Waals surface area contributed by atoms with Crippen LogP contribution < -0.4 is 0 Å². The largest absolute Gasteiger partial charge is 0.297 e. The van der Waals surface area contributed by atoms with Crippen molar-refractivity contribution in [2.45, 2.75) is 19.9 Å². The molecule has 0 aromatic carbocycles. The van der Waals surface area contributed by atoms with Crippen LogP contribution in [-0.4, -0.2) is 14.8 Å². The van der Waals surface area contributed by atoms with E-state index in [2.05, 4.69) is 24.0 Å². The zero-order valence-electron chi connectivity index (χ0n) is 8.32. The van der Waals surface area contributed by atoms with E-state index in [-0.39, 0.29) is 6.04 Å². The fourth-order valence-electron chi connectivity index (χ4n) is 1.39. The number of hydrogen-bond acceptors (Lipinski definition) is 3. The average molecular weight is 260 g/mol. The molecule has 0 amide bonds. The summed E-state index contributed by atoms with van der Waals surface area (Å²) < 4.78 is 3.39. The van der Waals surface area contributed by atoms with Gasteiger partial charge in [0.15, 0.2) is 10.6 Å². The lowest BCUT2D eigenvalue weighted by atomic mass is 10.3. The smallest absolute Gasteiger partial charge is 0.195 e. The summed E-state index contributed by atoms with van der Waals surface area (Å²) >= 11 is 12.6. The Hall–Kier alpha value is -0.650. The molecule has 0 fully saturated rings. The topological polar surface area (TPSA) is 33.6 Å². The van der Waals surface area contributed by atoms with Crippen molar-refractivity contribution in [1.82, 2.24) is 14.8 Å². The Labute approximate surface area is 102 Å². The van der Waals surface area contributed by atoms with Gasteiger partial charge in [-0.1, -0.05) is 11.6 Å². The Morgan fingerprint density at radius 3 is 2.80 bits per heavy atom. The summed E-state index contributed by atoms with van der Waals surface area (Å²) in [6, 6.07) is 4.10. The molecule has 0 aliphatic heterocycles. The molecule has 0 aliphatic rings. The molecule has 1 N–H and O–H groups in total. The minimum Gasteiger partial charge on any atom is -0.297 e. The number of nitrogens with zero attached hydrogens (tertiary/aromatic N) is 2. The summed E-state index contributed by atoms with van der Waals surface area (Å²) in [6.45, 7) is 4.15. The highest BCUT2D eigenvalue weighted by Crippen LogP contribution is 2.30. The number of nitrogens with one attached hydrogen (secondary N) is 1. The van der Waals surface area contributed by atoms with Gasteiger partial charge in [0, 0.05) is 6.04 Å². The molecule has 2 aromatic rings. The Morgan fingerprint density at radius 1 is 1.53 bits per heavy atom. The maximum absolute atomic E-state index is 5.89. The molecule has 2 heterocycles. The SMILES string of the molecule is CC(C)n1c(-c2ccc(Cl)s2)n[nH]c1=S. The monoisotopic (exact) mass is 259 g/mol. The van der Waals surface area contributed by atoms with Crippen LogP contribution in [0.25, 0.3) is 10.7 Å². The van der Waals surface area contributed by atoms with Gasteiger partial charge in [0.05, 0.1) is 9.21 Å². The number of halogens is 1. The van der Waals surface area contributed by atoms with E-state index in [1.165, 1.54) is 11.3 Å². The van der Waals surface area contributed by atoms with Gasteiger partial charge in [-0.2, -0.15) is 5.10 Å². The number of aromatic nitrogens is 3. The Balaban J connectivity index is 2.58. The van der Waals surface area contributed by atoms with Crippen molar-refractivity contribution in [3.05, 3.63) is 21.2 Å². The van der Waals surface area contributed by atoms with Gasteiger partial charge in [-0.25, -0.2) is 0 Å². The summed E-state index contributed by atoms with van der Waals surface area (Å²) in [6.07, 6.45) is 0. The molecule has 0 radical (unpaired) electrons. The van der Waals surface area contributed by atoms with Gasteiger partial charge in [-0.3, -0.25) is 9.67 Å². The van der Waals surface area contributed by atoms with E-state index < -0.39 is 0 Å². The number of thiophene rings is 1. The zero-order valence-corrected chi connectivity index (χ0v) is 10.7. The highest BCUT2D eigenvalue weighted by Gasteiger charge is 2.12. The van der Waals surface area contributed by atoms with Crippen molar-refractivity contribution < 1.29 is 0 Å². The molecule has 3 nitrogen and oxygen atoms in total. The average Bonchev–Trinajstić information content (AvgIpc) is 2.71. The van der Waals surface area contributed by atoms with Gasteiger partial charge in [0.1, 0.15) is 0 Å². The van der Waals surface area contributed by atoms with E-state index in [9.17, 15) is 0 Å². The third-order valence-corrected chi connectivity index (χ3v) is 3.53. The summed E-state index contributed by atoms with van der Waals surface area (Å²) in [4.78, 5) is 1.03. The first-order valence-corrected chi connectivity index (χ1v) is 6.12. The quantitative estimate of drug-likeness (QED) is 0.830. The predicted octanol–water partition coefficient (Wildman–Crippen LogP) is 3.90. The maximum Gasteiger partial charge on any atom is 0.195 e. The van der Waals surface area contributed by atoms with E-state index in [0.29, 0.717) is 4.77 Å². The molecular weight excluding hydrogens is 250 g/mol. The van der Waals surface area contributed by atoms with Gasteiger partial charge in [0.2, 0.25) is 0 Å². The van der Waals surface area contributed by atoms with Gasteiger partial charge in [0.25, 0.3) is 0 Å². The minimum absolute atomic E-state index is 0.284. The van der Waals surface area contributed by atoms with Crippen molar-refractivity contribution in [2.24, 2.45) is 0 Å². The van der Waals surface area contributed by atoms with Crippen molar-refractivity contribution >= 4 is 35.2 Å². The van der Waals surface area contributed by atoms with Gasteiger partial charge < -0.3 is 0 Å². The molecule has 0 saturated carbocycles. The second-order valence-electron chi connectivity index (χ2n) is 3.42. The summed E-state index contributed by atoms with van der Waals surface area (Å²) in [5.74, 6) is 0.854. The fraction of sp³-hybridized carbons (Fsp3) is 0.333. The van der Waals surface area contributed by atoms with E-state index in [4.69, 9.17) is 23.8 Å². The Bertz CT molecular complexity index is 523. The van der Waals surface area contributed by atoms with E-state index in [1.807, 2.05) is 16.7 Å². The molecule has 2 rings (SSSR count). The normalized spacial score (nSPS) is 11.2. The van der Waals surface area contributed by atoms with E-state index >= 15 is 0 Å². The van der Waals surface area contributed by atoms with Crippen LogP contribution in [0, 0.1) is 4.77 Å².